The Morgan fingerprint density at radius 2 is 2.04 bits per heavy atom. The molecule has 1 aliphatic heterocycles. The summed E-state index contributed by atoms with van der Waals surface area (Å²) in [6.45, 7) is 3.61. The lowest BCUT2D eigenvalue weighted by Crippen LogP contribution is -2.53. The van der Waals surface area contributed by atoms with E-state index in [4.69, 9.17) is 12.2 Å². The van der Waals surface area contributed by atoms with Crippen LogP contribution in [0.4, 0.5) is 13.2 Å². The number of benzene rings is 1. The summed E-state index contributed by atoms with van der Waals surface area (Å²) in [5.74, 6) is -1.32. The van der Waals surface area contributed by atoms with Gasteiger partial charge in [0, 0.05) is 11.4 Å². The van der Waals surface area contributed by atoms with Crippen molar-refractivity contribution in [3.63, 3.8) is 0 Å². The molecule has 0 aliphatic carbocycles. The first-order valence-electron chi connectivity index (χ1n) is 6.57. The van der Waals surface area contributed by atoms with Gasteiger partial charge in [0.05, 0.1) is 0 Å². The molecule has 0 atom stereocenters. The van der Waals surface area contributed by atoms with Crippen LogP contribution < -0.4 is 5.32 Å². The molecule has 1 aliphatic rings. The van der Waals surface area contributed by atoms with E-state index in [2.05, 4.69) is 11.9 Å². The Kier molecular flexibility index (Phi) is 5.45. The van der Waals surface area contributed by atoms with E-state index in [1.807, 2.05) is 0 Å². The van der Waals surface area contributed by atoms with E-state index in [1.165, 1.54) is 36.4 Å². The summed E-state index contributed by atoms with van der Waals surface area (Å²) in [5, 5.41) is 2.33. The highest BCUT2D eigenvalue weighted by Gasteiger charge is 2.33. The molecule has 2 amide bonds. The lowest BCUT2D eigenvalue weighted by atomic mass is 10.1. The van der Waals surface area contributed by atoms with E-state index in [9.17, 15) is 22.8 Å². The van der Waals surface area contributed by atoms with Gasteiger partial charge in [0.1, 0.15) is 5.57 Å². The largest absolute Gasteiger partial charge is 0.446 e. The van der Waals surface area contributed by atoms with E-state index in [0.717, 1.165) is 4.90 Å². The van der Waals surface area contributed by atoms with Gasteiger partial charge in [-0.15, -0.1) is 6.58 Å². The third-order valence-electron chi connectivity index (χ3n) is 2.90. The first-order chi connectivity index (χ1) is 11.2. The van der Waals surface area contributed by atoms with Crippen LogP contribution in [0.5, 0.6) is 0 Å². The van der Waals surface area contributed by atoms with Crippen molar-refractivity contribution in [3.05, 3.63) is 48.1 Å². The van der Waals surface area contributed by atoms with Crippen molar-refractivity contribution in [2.45, 2.75) is 10.4 Å². The molecule has 0 spiro atoms. The van der Waals surface area contributed by atoms with Crippen LogP contribution in [0.3, 0.4) is 0 Å². The second-order valence-electron chi connectivity index (χ2n) is 4.64. The molecule has 0 radical (unpaired) electrons. The minimum atomic E-state index is -4.42. The van der Waals surface area contributed by atoms with Crippen molar-refractivity contribution in [2.24, 2.45) is 0 Å². The highest BCUT2D eigenvalue weighted by molar-refractivity contribution is 8.00. The van der Waals surface area contributed by atoms with Crippen molar-refractivity contribution in [2.75, 3.05) is 6.54 Å². The fourth-order valence-corrected chi connectivity index (χ4v) is 2.82. The maximum atomic E-state index is 12.4. The second kappa shape index (κ2) is 7.18. The van der Waals surface area contributed by atoms with Crippen LogP contribution in [0.15, 0.2) is 47.4 Å². The minimum Gasteiger partial charge on any atom is -0.298 e. The van der Waals surface area contributed by atoms with Gasteiger partial charge in [-0.2, -0.15) is 13.2 Å². The van der Waals surface area contributed by atoms with Crippen LogP contribution in [-0.2, 0) is 9.59 Å². The fourth-order valence-electron chi connectivity index (χ4n) is 1.96. The van der Waals surface area contributed by atoms with E-state index in [0.29, 0.717) is 5.56 Å². The zero-order valence-corrected chi connectivity index (χ0v) is 13.7. The standard InChI is InChI=1S/C15H11F3N2O2S2/c1-2-6-20-13(22)11(12(21)19-14(20)23)8-9-4-3-5-10(7-9)24-15(16,17)18/h2-5,7-8H,1,6H2,(H,19,21,23). The Morgan fingerprint density at radius 3 is 2.67 bits per heavy atom. The molecular weight excluding hydrogens is 361 g/mol. The third kappa shape index (κ3) is 4.45. The molecule has 126 valence electrons. The molecule has 1 heterocycles. The predicted octanol–water partition coefficient (Wildman–Crippen LogP) is 3.11. The number of alkyl halides is 3. The first kappa shape index (κ1) is 18.2. The molecule has 0 bridgehead atoms. The number of halogens is 3. The Morgan fingerprint density at radius 1 is 1.33 bits per heavy atom. The fraction of sp³-hybridized carbons (Fsp3) is 0.133. The van der Waals surface area contributed by atoms with E-state index in [1.54, 1.807) is 0 Å². The van der Waals surface area contributed by atoms with Crippen molar-refractivity contribution in [3.8, 4) is 0 Å². The molecule has 0 unspecified atom stereocenters. The molecule has 1 aromatic carbocycles. The number of nitrogens with one attached hydrogen (secondary N) is 1. The third-order valence-corrected chi connectivity index (χ3v) is 3.94. The molecule has 4 nitrogen and oxygen atoms in total. The number of rotatable bonds is 4. The van der Waals surface area contributed by atoms with Gasteiger partial charge in [0.15, 0.2) is 5.11 Å². The SMILES string of the molecule is C=CCN1C(=O)C(=Cc2cccc(SC(F)(F)F)c2)C(=O)NC1=S. The van der Waals surface area contributed by atoms with Crippen LogP contribution in [0.2, 0.25) is 0 Å². The molecule has 0 saturated carbocycles. The molecule has 2 rings (SSSR count). The number of thiocarbonyl (C=S) groups is 1. The summed E-state index contributed by atoms with van der Waals surface area (Å²) < 4.78 is 37.3. The molecule has 1 N–H and O–H groups in total. The Hall–Kier alpha value is -2.13. The molecule has 9 heteroatoms. The van der Waals surface area contributed by atoms with Crippen LogP contribution >= 0.6 is 24.0 Å². The first-order valence-corrected chi connectivity index (χ1v) is 7.79. The van der Waals surface area contributed by atoms with Crippen LogP contribution in [0.1, 0.15) is 5.56 Å². The van der Waals surface area contributed by atoms with Gasteiger partial charge in [-0.05, 0) is 47.8 Å². The lowest BCUT2D eigenvalue weighted by Gasteiger charge is -2.27. The van der Waals surface area contributed by atoms with E-state index in [-0.39, 0.29) is 33.9 Å². The summed E-state index contributed by atoms with van der Waals surface area (Å²) in [6.07, 6.45) is 2.68. The van der Waals surface area contributed by atoms with Crippen molar-refractivity contribution in [1.82, 2.24) is 10.2 Å². The van der Waals surface area contributed by atoms with Crippen molar-refractivity contribution in [1.29, 1.82) is 0 Å². The monoisotopic (exact) mass is 372 g/mol. The average molecular weight is 372 g/mol. The number of amides is 2. The quantitative estimate of drug-likeness (QED) is 0.290. The van der Waals surface area contributed by atoms with Gasteiger partial charge in [-0.25, -0.2) is 0 Å². The Bertz CT molecular complexity index is 744. The van der Waals surface area contributed by atoms with Gasteiger partial charge >= 0.3 is 5.51 Å². The smallest absolute Gasteiger partial charge is 0.298 e. The summed E-state index contributed by atoms with van der Waals surface area (Å²) >= 11 is 4.64. The summed E-state index contributed by atoms with van der Waals surface area (Å²) in [5.41, 5.74) is -4.33. The zero-order chi connectivity index (χ0) is 17.9. The van der Waals surface area contributed by atoms with Gasteiger partial charge in [0.2, 0.25) is 0 Å². The second-order valence-corrected chi connectivity index (χ2v) is 6.17. The Balaban J connectivity index is 2.33. The van der Waals surface area contributed by atoms with Crippen molar-refractivity contribution < 1.29 is 22.8 Å². The average Bonchev–Trinajstić information content (AvgIpc) is 2.46. The van der Waals surface area contributed by atoms with Crippen molar-refractivity contribution >= 4 is 47.0 Å². The van der Waals surface area contributed by atoms with Gasteiger partial charge in [0.25, 0.3) is 11.8 Å². The highest BCUT2D eigenvalue weighted by Crippen LogP contribution is 2.37. The van der Waals surface area contributed by atoms with Gasteiger partial charge in [-0.1, -0.05) is 18.2 Å². The zero-order valence-electron chi connectivity index (χ0n) is 12.1. The number of hydrogen-bond acceptors (Lipinski definition) is 4. The molecule has 1 saturated heterocycles. The topological polar surface area (TPSA) is 49.4 Å². The summed E-state index contributed by atoms with van der Waals surface area (Å²) in [7, 11) is 0. The van der Waals surface area contributed by atoms with E-state index >= 15 is 0 Å². The highest BCUT2D eigenvalue weighted by atomic mass is 32.2. The number of thioether (sulfide) groups is 1. The maximum Gasteiger partial charge on any atom is 0.446 e. The molecular formula is C15H11F3N2O2S2. The lowest BCUT2D eigenvalue weighted by molar-refractivity contribution is -0.128. The molecule has 24 heavy (non-hydrogen) atoms. The predicted molar refractivity (Wildman–Crippen MR) is 89.0 cm³/mol. The number of carbonyl (C=O) groups excluding carboxylic acids is 2. The number of hydrogen-bond donors (Lipinski definition) is 1. The molecule has 1 aromatic rings. The van der Waals surface area contributed by atoms with Gasteiger partial charge in [-0.3, -0.25) is 19.8 Å². The number of nitrogens with zero attached hydrogens (tertiary/aromatic N) is 1. The normalized spacial score (nSPS) is 17.2. The number of carbonyl (C=O) groups is 2. The minimum absolute atomic E-state index is 0.0385. The summed E-state index contributed by atoms with van der Waals surface area (Å²) in [6, 6.07) is 5.45. The molecule has 1 fully saturated rings. The van der Waals surface area contributed by atoms with Crippen LogP contribution in [0, 0.1) is 0 Å². The van der Waals surface area contributed by atoms with Crippen LogP contribution in [-0.4, -0.2) is 33.9 Å². The maximum absolute atomic E-state index is 12.4. The van der Waals surface area contributed by atoms with Gasteiger partial charge < -0.3 is 0 Å². The Labute approximate surface area is 145 Å². The summed E-state index contributed by atoms with van der Waals surface area (Å²) in [4.78, 5) is 25.4. The van der Waals surface area contributed by atoms with E-state index < -0.39 is 17.3 Å². The van der Waals surface area contributed by atoms with Crippen LogP contribution in [0.25, 0.3) is 6.08 Å². The molecule has 0 aromatic heterocycles.